The number of ether oxygens (including phenoxy) is 1. The maximum Gasteiger partial charge on any atom is 0.407 e. The zero-order valence-corrected chi connectivity index (χ0v) is 24.2. The van der Waals surface area contributed by atoms with Gasteiger partial charge in [0.15, 0.2) is 0 Å². The third kappa shape index (κ3) is 7.57. The molecule has 1 aromatic carbocycles. The standard InChI is InChI=1S/C30H39N5O6/c1-30(2,3)41-28(39)32-21-12-10-20(11-13-21)26(37)31-17-7-5-6-8-19-9-14-22-24(18-19)34(4)29(40)35(22)23-15-16-25(36)33-27(23)38/h9,14,18,20-21,23H,5,7,10-13,15-17H2,1-4H3,(H,31,37)(H,32,39)(H,33,36,38). The summed E-state index contributed by atoms with van der Waals surface area (Å²) in [5.41, 5.74) is 1.17. The van der Waals surface area contributed by atoms with Gasteiger partial charge in [-0.25, -0.2) is 9.59 Å². The smallest absolute Gasteiger partial charge is 0.407 e. The lowest BCUT2D eigenvalue weighted by Crippen LogP contribution is -2.44. The van der Waals surface area contributed by atoms with Gasteiger partial charge >= 0.3 is 11.8 Å². The van der Waals surface area contributed by atoms with E-state index in [1.165, 1.54) is 9.13 Å². The molecule has 11 heteroatoms. The summed E-state index contributed by atoms with van der Waals surface area (Å²) in [6, 6.07) is 4.72. The maximum atomic E-state index is 12.9. The summed E-state index contributed by atoms with van der Waals surface area (Å²) in [6.45, 7) is 6.02. The highest BCUT2D eigenvalue weighted by atomic mass is 16.6. The summed E-state index contributed by atoms with van der Waals surface area (Å²) in [7, 11) is 1.65. The van der Waals surface area contributed by atoms with Crippen LogP contribution in [0.15, 0.2) is 23.0 Å². The predicted octanol–water partition coefficient (Wildman–Crippen LogP) is 2.65. The Morgan fingerprint density at radius 3 is 2.49 bits per heavy atom. The number of alkyl carbamates (subject to hydrolysis) is 1. The number of amides is 4. The molecule has 1 aliphatic heterocycles. The average molecular weight is 566 g/mol. The quantitative estimate of drug-likeness (QED) is 0.280. The van der Waals surface area contributed by atoms with E-state index in [2.05, 4.69) is 27.8 Å². The van der Waals surface area contributed by atoms with E-state index in [1.807, 2.05) is 32.9 Å². The first-order valence-electron chi connectivity index (χ1n) is 14.2. The highest BCUT2D eigenvalue weighted by Gasteiger charge is 2.31. The minimum absolute atomic E-state index is 0.0294. The lowest BCUT2D eigenvalue weighted by Gasteiger charge is -2.29. The normalized spacial score (nSPS) is 21.0. The fraction of sp³-hybridized carbons (Fsp3) is 0.567. The van der Waals surface area contributed by atoms with Crippen LogP contribution < -0.4 is 21.6 Å². The fourth-order valence-electron chi connectivity index (χ4n) is 5.34. The van der Waals surface area contributed by atoms with Crippen molar-refractivity contribution in [3.8, 4) is 11.8 Å². The van der Waals surface area contributed by atoms with Gasteiger partial charge in [-0.1, -0.05) is 11.8 Å². The molecule has 4 rings (SSSR count). The van der Waals surface area contributed by atoms with E-state index in [9.17, 15) is 24.0 Å². The second kappa shape index (κ2) is 12.6. The Hall–Kier alpha value is -4.07. The SMILES string of the molecule is Cn1c(=O)n(C2CCC(=O)NC2=O)c2ccc(C#CCCCNC(=O)C3CCC(NC(=O)OC(C)(C)C)CC3)cc21. The molecule has 41 heavy (non-hydrogen) atoms. The molecule has 11 nitrogen and oxygen atoms in total. The van der Waals surface area contributed by atoms with E-state index in [1.54, 1.807) is 13.1 Å². The van der Waals surface area contributed by atoms with Gasteiger partial charge in [0.1, 0.15) is 11.6 Å². The van der Waals surface area contributed by atoms with Crippen LogP contribution in [-0.2, 0) is 26.2 Å². The van der Waals surface area contributed by atoms with Crippen molar-refractivity contribution in [1.82, 2.24) is 25.1 Å². The molecule has 1 atom stereocenters. The van der Waals surface area contributed by atoms with Crippen molar-refractivity contribution in [2.75, 3.05) is 6.54 Å². The summed E-state index contributed by atoms with van der Waals surface area (Å²) in [5, 5.41) is 8.21. The number of fused-ring (bicyclic) bond motifs is 1. The molecule has 1 saturated heterocycles. The predicted molar refractivity (Wildman–Crippen MR) is 153 cm³/mol. The molecule has 4 amide bonds. The molecule has 0 spiro atoms. The van der Waals surface area contributed by atoms with Crippen molar-refractivity contribution in [1.29, 1.82) is 0 Å². The first kappa shape index (κ1) is 29.9. The zero-order valence-electron chi connectivity index (χ0n) is 24.2. The van der Waals surface area contributed by atoms with Crippen molar-refractivity contribution in [3.63, 3.8) is 0 Å². The van der Waals surface area contributed by atoms with Crippen LogP contribution in [0.5, 0.6) is 0 Å². The minimum Gasteiger partial charge on any atom is -0.444 e. The highest BCUT2D eigenvalue weighted by Crippen LogP contribution is 2.25. The second-order valence-electron chi connectivity index (χ2n) is 11.8. The monoisotopic (exact) mass is 565 g/mol. The van der Waals surface area contributed by atoms with Gasteiger partial charge in [-0.3, -0.25) is 28.8 Å². The molecule has 1 saturated carbocycles. The summed E-state index contributed by atoms with van der Waals surface area (Å²) < 4.78 is 8.24. The number of nitrogens with zero attached hydrogens (tertiary/aromatic N) is 2. The maximum absolute atomic E-state index is 12.9. The summed E-state index contributed by atoms with van der Waals surface area (Å²) >= 11 is 0. The van der Waals surface area contributed by atoms with E-state index in [0.29, 0.717) is 30.4 Å². The third-order valence-electron chi connectivity index (χ3n) is 7.44. The Bertz CT molecular complexity index is 1450. The van der Waals surface area contributed by atoms with Crippen LogP contribution in [0.25, 0.3) is 11.0 Å². The van der Waals surface area contributed by atoms with Crippen LogP contribution in [0, 0.1) is 17.8 Å². The molecule has 220 valence electrons. The van der Waals surface area contributed by atoms with Crippen LogP contribution in [0.2, 0.25) is 0 Å². The summed E-state index contributed by atoms with van der Waals surface area (Å²) in [4.78, 5) is 61.3. The number of carbonyl (C=O) groups excluding carboxylic acids is 4. The Morgan fingerprint density at radius 1 is 1.07 bits per heavy atom. The largest absolute Gasteiger partial charge is 0.444 e. The molecule has 0 bridgehead atoms. The lowest BCUT2D eigenvalue weighted by molar-refractivity contribution is -0.135. The molecule has 3 N–H and O–H groups in total. The van der Waals surface area contributed by atoms with Crippen LogP contribution in [-0.4, -0.2) is 51.1 Å². The second-order valence-corrected chi connectivity index (χ2v) is 11.8. The average Bonchev–Trinajstić information content (AvgIpc) is 3.14. The van der Waals surface area contributed by atoms with E-state index < -0.39 is 23.6 Å². The number of piperidine rings is 1. The summed E-state index contributed by atoms with van der Waals surface area (Å²) in [6.07, 6.45) is 4.31. The molecule has 2 fully saturated rings. The van der Waals surface area contributed by atoms with Crippen LogP contribution in [0.4, 0.5) is 4.79 Å². The number of aromatic nitrogens is 2. The van der Waals surface area contributed by atoms with Gasteiger partial charge in [0.25, 0.3) is 0 Å². The molecule has 1 unspecified atom stereocenters. The van der Waals surface area contributed by atoms with Crippen LogP contribution in [0.1, 0.15) is 83.7 Å². The molecular weight excluding hydrogens is 526 g/mol. The number of aryl methyl sites for hydroxylation is 1. The number of imidazole rings is 1. The third-order valence-corrected chi connectivity index (χ3v) is 7.44. The first-order valence-corrected chi connectivity index (χ1v) is 14.2. The van der Waals surface area contributed by atoms with Gasteiger partial charge in [-0.05, 0) is 77.5 Å². The molecule has 1 aromatic heterocycles. The Labute approximate surface area is 239 Å². The minimum atomic E-state index is -0.722. The Balaban J connectivity index is 1.23. The number of rotatable bonds is 6. The number of hydrogen-bond donors (Lipinski definition) is 3. The molecule has 0 radical (unpaired) electrons. The van der Waals surface area contributed by atoms with Crippen LogP contribution in [0.3, 0.4) is 0 Å². The Kier molecular flexibility index (Phi) is 9.21. The number of benzene rings is 1. The van der Waals surface area contributed by atoms with E-state index in [4.69, 9.17) is 4.74 Å². The van der Waals surface area contributed by atoms with Gasteiger partial charge < -0.3 is 15.4 Å². The molecule has 2 heterocycles. The van der Waals surface area contributed by atoms with Crippen molar-refractivity contribution >= 4 is 34.8 Å². The number of carbonyl (C=O) groups is 4. The topological polar surface area (TPSA) is 141 Å². The number of nitrogens with one attached hydrogen (secondary N) is 3. The molecule has 2 aliphatic rings. The lowest BCUT2D eigenvalue weighted by atomic mass is 9.85. The van der Waals surface area contributed by atoms with E-state index in [-0.39, 0.29) is 42.3 Å². The molecule has 2 aromatic rings. The highest BCUT2D eigenvalue weighted by molar-refractivity contribution is 6.00. The van der Waals surface area contributed by atoms with Crippen LogP contribution >= 0.6 is 0 Å². The van der Waals surface area contributed by atoms with Gasteiger partial charge in [-0.15, -0.1) is 0 Å². The van der Waals surface area contributed by atoms with Gasteiger partial charge in [0.05, 0.1) is 11.0 Å². The van der Waals surface area contributed by atoms with Gasteiger partial charge in [0.2, 0.25) is 17.7 Å². The fourth-order valence-corrected chi connectivity index (χ4v) is 5.34. The summed E-state index contributed by atoms with van der Waals surface area (Å²) in [5.74, 6) is 5.44. The van der Waals surface area contributed by atoms with Gasteiger partial charge in [0, 0.05) is 44.0 Å². The number of unbranched alkanes of at least 4 members (excludes halogenated alkanes) is 1. The van der Waals surface area contributed by atoms with Crippen molar-refractivity contribution in [3.05, 3.63) is 34.2 Å². The van der Waals surface area contributed by atoms with Gasteiger partial charge in [-0.2, -0.15) is 0 Å². The number of imide groups is 1. The van der Waals surface area contributed by atoms with Crippen molar-refractivity contribution in [2.45, 2.75) is 89.8 Å². The van der Waals surface area contributed by atoms with Crippen molar-refractivity contribution < 1.29 is 23.9 Å². The molecular formula is C30H39N5O6. The van der Waals surface area contributed by atoms with E-state index >= 15 is 0 Å². The Morgan fingerprint density at radius 2 is 1.80 bits per heavy atom. The van der Waals surface area contributed by atoms with E-state index in [0.717, 1.165) is 31.2 Å². The molecule has 1 aliphatic carbocycles. The van der Waals surface area contributed by atoms with Crippen molar-refractivity contribution in [2.24, 2.45) is 13.0 Å². The zero-order chi connectivity index (χ0) is 29.7. The first-order chi connectivity index (χ1) is 19.4. The number of hydrogen-bond acceptors (Lipinski definition) is 6.